The summed E-state index contributed by atoms with van der Waals surface area (Å²) in [7, 11) is 1.70. The molecule has 1 saturated carbocycles. The summed E-state index contributed by atoms with van der Waals surface area (Å²) in [5.41, 5.74) is 1.99. The van der Waals surface area contributed by atoms with Crippen molar-refractivity contribution in [3.05, 3.63) is 35.4 Å². The standard InChI is InChI=1S/C15H22O2/c1-3-5-12-6-8-13(9-7-12)14(16)15(17-2)10-4-11-15/h6-9,14,16H,3-5,10-11H2,1-2H3. The lowest BCUT2D eigenvalue weighted by molar-refractivity contribution is -0.151. The van der Waals surface area contributed by atoms with Crippen LogP contribution in [0.4, 0.5) is 0 Å². The quantitative estimate of drug-likeness (QED) is 0.847. The second-order valence-electron chi connectivity index (χ2n) is 5.02. The summed E-state index contributed by atoms with van der Waals surface area (Å²) in [4.78, 5) is 0. The van der Waals surface area contributed by atoms with E-state index in [1.54, 1.807) is 7.11 Å². The molecular weight excluding hydrogens is 212 g/mol. The van der Waals surface area contributed by atoms with Gasteiger partial charge < -0.3 is 9.84 Å². The molecule has 0 radical (unpaired) electrons. The van der Waals surface area contributed by atoms with Crippen molar-refractivity contribution < 1.29 is 9.84 Å². The molecule has 1 fully saturated rings. The third-order valence-corrected chi connectivity index (χ3v) is 3.94. The molecule has 2 rings (SSSR count). The molecule has 1 N–H and O–H groups in total. The molecule has 0 aromatic heterocycles. The molecule has 0 aliphatic heterocycles. The first-order valence-electron chi connectivity index (χ1n) is 6.54. The van der Waals surface area contributed by atoms with E-state index in [2.05, 4.69) is 19.1 Å². The third-order valence-electron chi connectivity index (χ3n) is 3.94. The lowest BCUT2D eigenvalue weighted by Gasteiger charge is -2.44. The van der Waals surface area contributed by atoms with Crippen LogP contribution in [0.1, 0.15) is 49.8 Å². The number of hydrogen-bond acceptors (Lipinski definition) is 2. The maximum Gasteiger partial charge on any atom is 0.108 e. The molecule has 0 spiro atoms. The number of ether oxygens (including phenoxy) is 1. The zero-order valence-electron chi connectivity index (χ0n) is 10.8. The van der Waals surface area contributed by atoms with Crippen LogP contribution in [0.25, 0.3) is 0 Å². The van der Waals surface area contributed by atoms with E-state index in [1.807, 2.05) is 12.1 Å². The molecule has 0 bridgehead atoms. The number of aliphatic hydroxyl groups excluding tert-OH is 1. The number of aliphatic hydroxyl groups is 1. The Morgan fingerprint density at radius 3 is 2.35 bits per heavy atom. The van der Waals surface area contributed by atoms with E-state index >= 15 is 0 Å². The molecule has 1 aromatic carbocycles. The number of aryl methyl sites for hydroxylation is 1. The van der Waals surface area contributed by atoms with E-state index in [9.17, 15) is 5.11 Å². The van der Waals surface area contributed by atoms with Gasteiger partial charge in [-0.1, -0.05) is 37.6 Å². The molecule has 2 nitrogen and oxygen atoms in total. The van der Waals surface area contributed by atoms with Crippen molar-refractivity contribution in [1.29, 1.82) is 0 Å². The summed E-state index contributed by atoms with van der Waals surface area (Å²) in [5, 5.41) is 10.4. The highest BCUT2D eigenvalue weighted by atomic mass is 16.5. The van der Waals surface area contributed by atoms with E-state index in [0.29, 0.717) is 0 Å². The Bertz CT molecular complexity index is 346. The predicted molar refractivity (Wildman–Crippen MR) is 69.0 cm³/mol. The van der Waals surface area contributed by atoms with Crippen LogP contribution in [0, 0.1) is 0 Å². The minimum Gasteiger partial charge on any atom is -0.385 e. The predicted octanol–water partition coefficient (Wildman–Crippen LogP) is 3.24. The van der Waals surface area contributed by atoms with Crippen LogP contribution in [0.15, 0.2) is 24.3 Å². The van der Waals surface area contributed by atoms with Crippen molar-refractivity contribution in [2.75, 3.05) is 7.11 Å². The Labute approximate surface area is 104 Å². The van der Waals surface area contributed by atoms with Crippen LogP contribution in [0.2, 0.25) is 0 Å². The molecule has 1 aromatic rings. The molecule has 0 amide bonds. The summed E-state index contributed by atoms with van der Waals surface area (Å²) < 4.78 is 5.52. The van der Waals surface area contributed by atoms with E-state index in [-0.39, 0.29) is 5.60 Å². The average molecular weight is 234 g/mol. The van der Waals surface area contributed by atoms with Crippen molar-refractivity contribution >= 4 is 0 Å². The second kappa shape index (κ2) is 5.19. The monoisotopic (exact) mass is 234 g/mol. The molecule has 1 unspecified atom stereocenters. The SMILES string of the molecule is CCCc1ccc(C(O)C2(OC)CCC2)cc1. The number of hydrogen-bond donors (Lipinski definition) is 1. The van der Waals surface area contributed by atoms with Gasteiger partial charge in [-0.3, -0.25) is 0 Å². The number of rotatable bonds is 5. The van der Waals surface area contributed by atoms with Crippen molar-refractivity contribution in [2.45, 2.75) is 50.7 Å². The Morgan fingerprint density at radius 1 is 1.29 bits per heavy atom. The van der Waals surface area contributed by atoms with Gasteiger partial charge in [0.1, 0.15) is 6.10 Å². The van der Waals surface area contributed by atoms with Crippen molar-refractivity contribution in [1.82, 2.24) is 0 Å². The van der Waals surface area contributed by atoms with Crippen molar-refractivity contribution in [3.8, 4) is 0 Å². The van der Waals surface area contributed by atoms with Gasteiger partial charge in [0.15, 0.2) is 0 Å². The molecule has 1 aliphatic carbocycles. The largest absolute Gasteiger partial charge is 0.385 e. The van der Waals surface area contributed by atoms with Gasteiger partial charge >= 0.3 is 0 Å². The molecule has 0 heterocycles. The molecular formula is C15H22O2. The third kappa shape index (κ3) is 2.38. The van der Waals surface area contributed by atoms with Crippen LogP contribution in [0.3, 0.4) is 0 Å². The lowest BCUT2D eigenvalue weighted by atomic mass is 9.73. The molecule has 1 aliphatic rings. The Hall–Kier alpha value is -0.860. The summed E-state index contributed by atoms with van der Waals surface area (Å²) >= 11 is 0. The van der Waals surface area contributed by atoms with E-state index in [1.165, 1.54) is 5.56 Å². The minimum atomic E-state index is -0.489. The number of benzene rings is 1. The lowest BCUT2D eigenvalue weighted by Crippen LogP contribution is -2.45. The Morgan fingerprint density at radius 2 is 1.94 bits per heavy atom. The smallest absolute Gasteiger partial charge is 0.108 e. The Balaban J connectivity index is 2.11. The van der Waals surface area contributed by atoms with Gasteiger partial charge in [0.2, 0.25) is 0 Å². The van der Waals surface area contributed by atoms with Gasteiger partial charge in [-0.05, 0) is 36.8 Å². The summed E-state index contributed by atoms with van der Waals surface area (Å²) in [6, 6.07) is 8.30. The normalized spacial score (nSPS) is 19.7. The second-order valence-corrected chi connectivity index (χ2v) is 5.02. The van der Waals surface area contributed by atoms with Gasteiger partial charge in [-0.25, -0.2) is 0 Å². The van der Waals surface area contributed by atoms with Gasteiger partial charge in [0.25, 0.3) is 0 Å². The molecule has 2 heteroatoms. The highest BCUT2D eigenvalue weighted by Crippen LogP contribution is 2.44. The van der Waals surface area contributed by atoms with Crippen LogP contribution in [0.5, 0.6) is 0 Å². The fraction of sp³-hybridized carbons (Fsp3) is 0.600. The van der Waals surface area contributed by atoms with Crippen molar-refractivity contribution in [2.24, 2.45) is 0 Å². The minimum absolute atomic E-state index is 0.327. The maximum absolute atomic E-state index is 10.4. The maximum atomic E-state index is 10.4. The Kier molecular flexibility index (Phi) is 3.85. The van der Waals surface area contributed by atoms with E-state index < -0.39 is 6.10 Å². The zero-order valence-corrected chi connectivity index (χ0v) is 10.8. The fourth-order valence-electron chi connectivity index (χ4n) is 2.57. The van der Waals surface area contributed by atoms with Gasteiger partial charge in [0, 0.05) is 7.11 Å². The molecule has 17 heavy (non-hydrogen) atoms. The molecule has 0 saturated heterocycles. The van der Waals surface area contributed by atoms with Gasteiger partial charge in [0.05, 0.1) is 5.60 Å². The van der Waals surface area contributed by atoms with Crippen LogP contribution >= 0.6 is 0 Å². The fourth-order valence-corrected chi connectivity index (χ4v) is 2.57. The average Bonchev–Trinajstić information content (AvgIpc) is 2.29. The first-order chi connectivity index (χ1) is 8.22. The van der Waals surface area contributed by atoms with Gasteiger partial charge in [-0.15, -0.1) is 0 Å². The first kappa shape index (κ1) is 12.6. The van der Waals surface area contributed by atoms with Gasteiger partial charge in [-0.2, -0.15) is 0 Å². The topological polar surface area (TPSA) is 29.5 Å². The molecule has 1 atom stereocenters. The zero-order chi connectivity index (χ0) is 12.3. The van der Waals surface area contributed by atoms with Crippen LogP contribution < -0.4 is 0 Å². The summed E-state index contributed by atoms with van der Waals surface area (Å²) in [6.07, 6.45) is 4.84. The van der Waals surface area contributed by atoms with E-state index in [4.69, 9.17) is 4.74 Å². The summed E-state index contributed by atoms with van der Waals surface area (Å²) in [6.45, 7) is 2.18. The summed E-state index contributed by atoms with van der Waals surface area (Å²) in [5.74, 6) is 0. The molecule has 94 valence electrons. The number of methoxy groups -OCH3 is 1. The van der Waals surface area contributed by atoms with Crippen molar-refractivity contribution in [3.63, 3.8) is 0 Å². The highest BCUT2D eigenvalue weighted by Gasteiger charge is 2.44. The van der Waals surface area contributed by atoms with Crippen LogP contribution in [-0.2, 0) is 11.2 Å². The van der Waals surface area contributed by atoms with Crippen LogP contribution in [-0.4, -0.2) is 17.8 Å². The first-order valence-corrected chi connectivity index (χ1v) is 6.54. The van der Waals surface area contributed by atoms with E-state index in [0.717, 1.165) is 37.7 Å². The highest BCUT2D eigenvalue weighted by molar-refractivity contribution is 5.26.